The molecule has 4 nitrogen and oxygen atoms in total. The zero-order chi connectivity index (χ0) is 11.9. The first-order valence-corrected chi connectivity index (χ1v) is 5.19. The molecule has 1 amide bonds. The molecule has 16 heavy (non-hydrogen) atoms. The van der Waals surface area contributed by atoms with Crippen LogP contribution >= 0.6 is 0 Å². The van der Waals surface area contributed by atoms with Crippen molar-refractivity contribution in [3.05, 3.63) is 29.8 Å². The Kier molecular flexibility index (Phi) is 2.39. The average molecular weight is 221 g/mol. The molecule has 1 heterocycles. The minimum atomic E-state index is -0.957. The highest BCUT2D eigenvalue weighted by Gasteiger charge is 2.47. The summed E-state index contributed by atoms with van der Waals surface area (Å²) in [4.78, 5) is 13.0. The van der Waals surface area contributed by atoms with Gasteiger partial charge in [0.1, 0.15) is 0 Å². The number of carbonyl (C=O) groups is 1. The molecule has 0 saturated carbocycles. The number of aliphatic hydroxyl groups excluding tert-OH is 1. The minimum Gasteiger partial charge on any atom is -0.438 e. The van der Waals surface area contributed by atoms with Gasteiger partial charge in [0, 0.05) is 0 Å². The molecule has 0 radical (unpaired) electrons. The van der Waals surface area contributed by atoms with Crippen LogP contribution in [0.5, 0.6) is 0 Å². The van der Waals surface area contributed by atoms with E-state index < -0.39 is 17.9 Å². The highest BCUT2D eigenvalue weighted by molar-refractivity contribution is 5.91. The third-order valence-corrected chi connectivity index (χ3v) is 2.79. The molecule has 4 heteroatoms. The Morgan fingerprint density at radius 2 is 2.00 bits per heavy atom. The van der Waals surface area contributed by atoms with Gasteiger partial charge in [-0.3, -0.25) is 0 Å². The molecule has 1 saturated heterocycles. The standard InChI is InChI=1S/C12H15NO3/c1-8-6-4-5-7-9(8)13-10(14)12(2,3)16-11(13)15/h4-7,10,14H,1-3H3/t10-/m1/s1. The van der Waals surface area contributed by atoms with E-state index in [1.807, 2.05) is 25.1 Å². The number of hydrogen-bond donors (Lipinski definition) is 1. The molecule has 0 aliphatic carbocycles. The highest BCUT2D eigenvalue weighted by atomic mass is 16.6. The number of rotatable bonds is 1. The molecule has 1 aliphatic rings. The van der Waals surface area contributed by atoms with Crippen molar-refractivity contribution < 1.29 is 14.6 Å². The number of anilines is 1. The molecule has 1 atom stereocenters. The van der Waals surface area contributed by atoms with Gasteiger partial charge in [-0.05, 0) is 32.4 Å². The van der Waals surface area contributed by atoms with E-state index in [0.29, 0.717) is 5.69 Å². The Balaban J connectivity index is 2.43. The Bertz CT molecular complexity index is 428. The number of benzene rings is 1. The summed E-state index contributed by atoms with van der Waals surface area (Å²) >= 11 is 0. The van der Waals surface area contributed by atoms with E-state index in [0.717, 1.165) is 5.56 Å². The predicted octanol–water partition coefficient (Wildman–Crippen LogP) is 2.05. The van der Waals surface area contributed by atoms with Gasteiger partial charge in [0.2, 0.25) is 0 Å². The molecule has 2 rings (SSSR count). The lowest BCUT2D eigenvalue weighted by atomic mass is 10.1. The Morgan fingerprint density at radius 3 is 2.50 bits per heavy atom. The SMILES string of the molecule is Cc1ccccc1N1C(=O)OC(C)(C)[C@H]1O. The van der Waals surface area contributed by atoms with Crippen molar-refractivity contribution >= 4 is 11.8 Å². The van der Waals surface area contributed by atoms with E-state index in [1.165, 1.54) is 4.90 Å². The molecular formula is C12H15NO3. The van der Waals surface area contributed by atoms with Crippen LogP contribution in [0.15, 0.2) is 24.3 Å². The van der Waals surface area contributed by atoms with E-state index in [9.17, 15) is 9.90 Å². The van der Waals surface area contributed by atoms with Crippen molar-refractivity contribution in [2.24, 2.45) is 0 Å². The fourth-order valence-corrected chi connectivity index (χ4v) is 1.80. The molecule has 0 unspecified atom stereocenters. The molecule has 1 aromatic rings. The van der Waals surface area contributed by atoms with Crippen LogP contribution in [0, 0.1) is 6.92 Å². The third-order valence-electron chi connectivity index (χ3n) is 2.79. The fourth-order valence-electron chi connectivity index (χ4n) is 1.80. The third kappa shape index (κ3) is 1.55. The van der Waals surface area contributed by atoms with E-state index in [-0.39, 0.29) is 0 Å². The lowest BCUT2D eigenvalue weighted by Gasteiger charge is -2.24. The maximum absolute atomic E-state index is 11.7. The van der Waals surface area contributed by atoms with E-state index in [4.69, 9.17) is 4.74 Å². The van der Waals surface area contributed by atoms with Crippen molar-refractivity contribution in [1.82, 2.24) is 0 Å². The van der Waals surface area contributed by atoms with Gasteiger partial charge < -0.3 is 9.84 Å². The van der Waals surface area contributed by atoms with Crippen LogP contribution in [0.1, 0.15) is 19.4 Å². The minimum absolute atomic E-state index is 0.508. The van der Waals surface area contributed by atoms with Gasteiger partial charge in [-0.1, -0.05) is 18.2 Å². The number of hydrogen-bond acceptors (Lipinski definition) is 3. The molecule has 1 fully saturated rings. The van der Waals surface area contributed by atoms with Crippen molar-refractivity contribution in [1.29, 1.82) is 0 Å². The molecular weight excluding hydrogens is 206 g/mol. The summed E-state index contributed by atoms with van der Waals surface area (Å²) in [5.74, 6) is 0. The molecule has 0 bridgehead atoms. The van der Waals surface area contributed by atoms with E-state index >= 15 is 0 Å². The monoisotopic (exact) mass is 221 g/mol. The molecule has 0 aromatic heterocycles. The summed E-state index contributed by atoms with van der Waals surface area (Å²) in [5.41, 5.74) is 0.737. The van der Waals surface area contributed by atoms with Crippen LogP contribution in [0.3, 0.4) is 0 Å². The molecule has 1 aromatic carbocycles. The van der Waals surface area contributed by atoms with Gasteiger partial charge in [0.05, 0.1) is 5.69 Å². The Morgan fingerprint density at radius 1 is 1.38 bits per heavy atom. The number of ether oxygens (including phenoxy) is 1. The Labute approximate surface area is 94.4 Å². The number of para-hydroxylation sites is 1. The van der Waals surface area contributed by atoms with Gasteiger partial charge in [0.25, 0.3) is 0 Å². The van der Waals surface area contributed by atoms with E-state index in [1.54, 1.807) is 19.9 Å². The van der Waals surface area contributed by atoms with Crippen LogP contribution in [-0.2, 0) is 4.74 Å². The van der Waals surface area contributed by atoms with Crippen molar-refractivity contribution in [3.63, 3.8) is 0 Å². The summed E-state index contributed by atoms with van der Waals surface area (Å²) in [6, 6.07) is 7.40. The van der Waals surface area contributed by atoms with Crippen molar-refractivity contribution in [2.75, 3.05) is 4.90 Å². The van der Waals surface area contributed by atoms with Crippen molar-refractivity contribution in [2.45, 2.75) is 32.6 Å². The normalized spacial score (nSPS) is 23.4. The topological polar surface area (TPSA) is 49.8 Å². The summed E-state index contributed by atoms with van der Waals surface area (Å²) in [6.07, 6.45) is -1.46. The lowest BCUT2D eigenvalue weighted by molar-refractivity contribution is -0.00427. The smallest absolute Gasteiger partial charge is 0.417 e. The summed E-state index contributed by atoms with van der Waals surface area (Å²) in [6.45, 7) is 5.27. The van der Waals surface area contributed by atoms with E-state index in [2.05, 4.69) is 0 Å². The van der Waals surface area contributed by atoms with Crippen molar-refractivity contribution in [3.8, 4) is 0 Å². The summed E-state index contributed by atoms with van der Waals surface area (Å²) in [7, 11) is 0. The first-order chi connectivity index (χ1) is 7.43. The number of carbonyl (C=O) groups excluding carboxylic acids is 1. The first kappa shape index (κ1) is 11.0. The number of amides is 1. The molecule has 1 aliphatic heterocycles. The second-order valence-electron chi connectivity index (χ2n) is 4.50. The number of cyclic esters (lactones) is 1. The zero-order valence-corrected chi connectivity index (χ0v) is 9.60. The average Bonchev–Trinajstić information content (AvgIpc) is 2.39. The molecule has 0 spiro atoms. The maximum atomic E-state index is 11.7. The van der Waals surface area contributed by atoms with Crippen LogP contribution in [0.2, 0.25) is 0 Å². The number of nitrogens with zero attached hydrogens (tertiary/aromatic N) is 1. The first-order valence-electron chi connectivity index (χ1n) is 5.19. The maximum Gasteiger partial charge on any atom is 0.417 e. The fraction of sp³-hybridized carbons (Fsp3) is 0.417. The van der Waals surface area contributed by atoms with Crippen LogP contribution < -0.4 is 4.90 Å². The van der Waals surface area contributed by atoms with Gasteiger partial charge in [-0.15, -0.1) is 0 Å². The summed E-state index contributed by atoms with van der Waals surface area (Å²) in [5, 5.41) is 10.0. The van der Waals surface area contributed by atoms with Gasteiger partial charge in [0.15, 0.2) is 11.8 Å². The second-order valence-corrected chi connectivity index (χ2v) is 4.50. The molecule has 86 valence electrons. The Hall–Kier alpha value is -1.55. The largest absolute Gasteiger partial charge is 0.438 e. The van der Waals surface area contributed by atoms with Gasteiger partial charge >= 0.3 is 6.09 Å². The van der Waals surface area contributed by atoms with Crippen LogP contribution in [-0.4, -0.2) is 23.0 Å². The van der Waals surface area contributed by atoms with Gasteiger partial charge in [-0.2, -0.15) is 0 Å². The predicted molar refractivity (Wildman–Crippen MR) is 60.2 cm³/mol. The zero-order valence-electron chi connectivity index (χ0n) is 9.60. The van der Waals surface area contributed by atoms with Crippen LogP contribution in [0.4, 0.5) is 10.5 Å². The lowest BCUT2D eigenvalue weighted by Crippen LogP contribution is -2.41. The highest BCUT2D eigenvalue weighted by Crippen LogP contribution is 2.33. The number of aryl methyl sites for hydroxylation is 1. The van der Waals surface area contributed by atoms with Gasteiger partial charge in [-0.25, -0.2) is 9.69 Å². The number of aliphatic hydroxyl groups is 1. The second kappa shape index (κ2) is 3.49. The summed E-state index contributed by atoms with van der Waals surface area (Å²) < 4.78 is 5.12. The quantitative estimate of drug-likeness (QED) is 0.789. The van der Waals surface area contributed by atoms with Crippen LogP contribution in [0.25, 0.3) is 0 Å². The molecule has 1 N–H and O–H groups in total.